The molecule has 0 radical (unpaired) electrons. The first-order chi connectivity index (χ1) is 13.6. The third kappa shape index (κ3) is 3.70. The second-order valence-electron chi connectivity index (χ2n) is 9.14. The predicted octanol–water partition coefficient (Wildman–Crippen LogP) is 4.37. The fourth-order valence-electron chi connectivity index (χ4n) is 5.37. The molecule has 0 unspecified atom stereocenters. The Balaban J connectivity index is 1.34. The zero-order valence-corrected chi connectivity index (χ0v) is 17.1. The first kappa shape index (κ1) is 19.5. The lowest BCUT2D eigenvalue weighted by Gasteiger charge is -2.40. The van der Waals surface area contributed by atoms with Crippen LogP contribution in [-0.2, 0) is 20.7 Å². The number of esters is 1. The van der Waals surface area contributed by atoms with E-state index in [0.29, 0.717) is 31.0 Å². The molecule has 0 aromatic heterocycles. The minimum absolute atomic E-state index is 0.0583. The Morgan fingerprint density at radius 2 is 1.82 bits per heavy atom. The summed E-state index contributed by atoms with van der Waals surface area (Å²) in [4.78, 5) is 27.7. The summed E-state index contributed by atoms with van der Waals surface area (Å²) in [7, 11) is 0. The number of hydrogen-bond acceptors (Lipinski definition) is 3. The maximum atomic E-state index is 12.9. The third-order valence-corrected chi connectivity index (χ3v) is 7.54. The van der Waals surface area contributed by atoms with Gasteiger partial charge >= 0.3 is 5.97 Å². The van der Waals surface area contributed by atoms with E-state index in [-0.39, 0.29) is 11.9 Å². The molecule has 3 aliphatic rings. The molecule has 3 fully saturated rings. The molecule has 0 bridgehead atoms. The van der Waals surface area contributed by atoms with Gasteiger partial charge in [0.05, 0.1) is 12.0 Å². The normalized spacial score (nSPS) is 24.5. The molecule has 1 heterocycles. The van der Waals surface area contributed by atoms with Crippen molar-refractivity contribution < 1.29 is 14.3 Å². The molecule has 4 rings (SSSR count). The number of nitrogens with zero attached hydrogens (tertiary/aromatic N) is 1. The van der Waals surface area contributed by atoms with Gasteiger partial charge in [0.1, 0.15) is 0 Å². The number of likely N-dealkylation sites (tertiary alicyclic amines) is 1. The van der Waals surface area contributed by atoms with Gasteiger partial charge < -0.3 is 9.64 Å². The first-order valence-corrected chi connectivity index (χ1v) is 11.1. The molecule has 1 spiro atoms. The Morgan fingerprint density at radius 3 is 2.39 bits per heavy atom. The van der Waals surface area contributed by atoms with Crippen LogP contribution in [0.2, 0.25) is 0 Å². The van der Waals surface area contributed by atoms with Gasteiger partial charge in [-0.25, -0.2) is 0 Å². The summed E-state index contributed by atoms with van der Waals surface area (Å²) in [6.45, 7) is 3.71. The highest BCUT2D eigenvalue weighted by molar-refractivity contribution is 5.84. The maximum Gasteiger partial charge on any atom is 0.312 e. The van der Waals surface area contributed by atoms with Gasteiger partial charge in [-0.05, 0) is 69.3 Å². The lowest BCUT2D eigenvalue weighted by Crippen LogP contribution is -2.48. The molecule has 4 nitrogen and oxygen atoms in total. The SMILES string of the molecule is CCOC(=O)C1(CCCc2ccccc2)CCN(C(=O)[C@H]2CC23CCC3)CC1. The van der Waals surface area contributed by atoms with Crippen molar-refractivity contribution in [2.24, 2.45) is 16.7 Å². The molecule has 28 heavy (non-hydrogen) atoms. The Hall–Kier alpha value is -1.84. The number of aryl methyl sites for hydroxylation is 1. The van der Waals surface area contributed by atoms with Crippen LogP contribution in [0.3, 0.4) is 0 Å². The Bertz CT molecular complexity index is 702. The van der Waals surface area contributed by atoms with Crippen molar-refractivity contribution in [1.82, 2.24) is 4.90 Å². The smallest absolute Gasteiger partial charge is 0.312 e. The predicted molar refractivity (Wildman–Crippen MR) is 109 cm³/mol. The van der Waals surface area contributed by atoms with Crippen LogP contribution in [0.5, 0.6) is 0 Å². The van der Waals surface area contributed by atoms with E-state index in [4.69, 9.17) is 4.74 Å². The molecule has 4 heteroatoms. The van der Waals surface area contributed by atoms with E-state index in [9.17, 15) is 9.59 Å². The molecule has 1 aliphatic heterocycles. The largest absolute Gasteiger partial charge is 0.466 e. The zero-order chi connectivity index (χ0) is 19.6. The third-order valence-electron chi connectivity index (χ3n) is 7.54. The Morgan fingerprint density at radius 1 is 1.11 bits per heavy atom. The van der Waals surface area contributed by atoms with Gasteiger partial charge in [0.15, 0.2) is 0 Å². The van der Waals surface area contributed by atoms with Crippen LogP contribution in [-0.4, -0.2) is 36.5 Å². The topological polar surface area (TPSA) is 46.6 Å². The van der Waals surface area contributed by atoms with Crippen LogP contribution in [0.1, 0.15) is 63.9 Å². The monoisotopic (exact) mass is 383 g/mol. The van der Waals surface area contributed by atoms with E-state index < -0.39 is 5.41 Å². The minimum Gasteiger partial charge on any atom is -0.466 e. The molecular formula is C24H33NO3. The van der Waals surface area contributed by atoms with E-state index >= 15 is 0 Å². The number of piperidine rings is 1. The molecular weight excluding hydrogens is 350 g/mol. The number of benzene rings is 1. The zero-order valence-electron chi connectivity index (χ0n) is 17.1. The molecule has 1 atom stereocenters. The lowest BCUT2D eigenvalue weighted by molar-refractivity contribution is -0.161. The van der Waals surface area contributed by atoms with Gasteiger partial charge in [-0.1, -0.05) is 36.8 Å². The molecule has 1 aromatic rings. The second-order valence-corrected chi connectivity index (χ2v) is 9.14. The first-order valence-electron chi connectivity index (χ1n) is 11.1. The van der Waals surface area contributed by atoms with E-state index in [0.717, 1.165) is 38.5 Å². The number of rotatable bonds is 7. The molecule has 152 valence electrons. The van der Waals surface area contributed by atoms with E-state index in [1.807, 2.05) is 17.9 Å². The Labute approximate surface area is 168 Å². The van der Waals surface area contributed by atoms with Gasteiger partial charge in [0, 0.05) is 19.0 Å². The van der Waals surface area contributed by atoms with Crippen molar-refractivity contribution in [3.8, 4) is 0 Å². The summed E-state index contributed by atoms with van der Waals surface area (Å²) in [5.74, 6) is 0.563. The average Bonchev–Trinajstić information content (AvgIpc) is 3.46. The van der Waals surface area contributed by atoms with Crippen molar-refractivity contribution in [3.63, 3.8) is 0 Å². The van der Waals surface area contributed by atoms with Crippen molar-refractivity contribution in [2.75, 3.05) is 19.7 Å². The summed E-state index contributed by atoms with van der Waals surface area (Å²) in [5, 5.41) is 0. The van der Waals surface area contributed by atoms with E-state index in [1.165, 1.54) is 24.8 Å². The van der Waals surface area contributed by atoms with Crippen molar-refractivity contribution in [1.29, 1.82) is 0 Å². The molecule has 1 saturated heterocycles. The highest BCUT2D eigenvalue weighted by Gasteiger charge is 2.62. The Kier molecular flexibility index (Phi) is 5.48. The van der Waals surface area contributed by atoms with Crippen LogP contribution in [0.4, 0.5) is 0 Å². The summed E-state index contributed by atoms with van der Waals surface area (Å²) >= 11 is 0. The van der Waals surface area contributed by atoms with Crippen LogP contribution >= 0.6 is 0 Å². The average molecular weight is 384 g/mol. The van der Waals surface area contributed by atoms with Crippen molar-refractivity contribution in [2.45, 2.75) is 64.7 Å². The quantitative estimate of drug-likeness (QED) is 0.657. The number of carbonyl (C=O) groups excluding carboxylic acids is 2. The number of ether oxygens (including phenoxy) is 1. The fourth-order valence-corrected chi connectivity index (χ4v) is 5.37. The van der Waals surface area contributed by atoms with Gasteiger partial charge in [-0.3, -0.25) is 9.59 Å². The molecule has 2 aliphatic carbocycles. The molecule has 1 aromatic carbocycles. The van der Waals surface area contributed by atoms with Crippen LogP contribution in [0, 0.1) is 16.7 Å². The van der Waals surface area contributed by atoms with Crippen LogP contribution in [0.25, 0.3) is 0 Å². The summed E-state index contributed by atoms with van der Waals surface area (Å²) in [6.07, 6.45) is 9.15. The summed E-state index contributed by atoms with van der Waals surface area (Å²) in [6, 6.07) is 10.4. The lowest BCUT2D eigenvalue weighted by atomic mass is 9.74. The molecule has 1 amide bonds. The fraction of sp³-hybridized carbons (Fsp3) is 0.667. The van der Waals surface area contributed by atoms with Gasteiger partial charge in [0.25, 0.3) is 0 Å². The van der Waals surface area contributed by atoms with E-state index in [2.05, 4.69) is 24.3 Å². The number of hydrogen-bond donors (Lipinski definition) is 0. The number of carbonyl (C=O) groups is 2. The molecule has 0 N–H and O–H groups in total. The molecule has 2 saturated carbocycles. The van der Waals surface area contributed by atoms with Gasteiger partial charge in [-0.15, -0.1) is 0 Å². The summed E-state index contributed by atoms with van der Waals surface area (Å²) in [5.41, 5.74) is 1.27. The minimum atomic E-state index is -0.417. The highest BCUT2D eigenvalue weighted by atomic mass is 16.5. The highest BCUT2D eigenvalue weighted by Crippen LogP contribution is 2.66. The van der Waals surface area contributed by atoms with Gasteiger partial charge in [0.2, 0.25) is 5.91 Å². The second kappa shape index (κ2) is 7.88. The van der Waals surface area contributed by atoms with Crippen LogP contribution < -0.4 is 0 Å². The standard InChI is InChI=1S/C24H33NO3/c1-2-28-22(27)23(11-6-10-19-8-4-3-5-9-19)14-16-25(17-15-23)21(26)20-18-24(20)12-7-13-24/h3-5,8-9,20H,2,6-7,10-18H2,1H3/t20-/m1/s1. The maximum absolute atomic E-state index is 12.9. The van der Waals surface area contributed by atoms with Crippen molar-refractivity contribution in [3.05, 3.63) is 35.9 Å². The summed E-state index contributed by atoms with van der Waals surface area (Å²) < 4.78 is 5.46. The van der Waals surface area contributed by atoms with E-state index in [1.54, 1.807) is 0 Å². The number of amides is 1. The van der Waals surface area contributed by atoms with Crippen LogP contribution in [0.15, 0.2) is 30.3 Å². The van der Waals surface area contributed by atoms with Gasteiger partial charge in [-0.2, -0.15) is 0 Å². The van der Waals surface area contributed by atoms with Crippen molar-refractivity contribution >= 4 is 11.9 Å².